The molecule has 0 radical (unpaired) electrons. The fourth-order valence-corrected chi connectivity index (χ4v) is 5.87. The third-order valence-corrected chi connectivity index (χ3v) is 7.23. The van der Waals surface area contributed by atoms with Gasteiger partial charge < -0.3 is 24.7 Å². The third kappa shape index (κ3) is 5.04. The number of fused-ring (bicyclic) bond motifs is 1. The van der Waals surface area contributed by atoms with Crippen molar-refractivity contribution in [1.82, 2.24) is 10.2 Å². The summed E-state index contributed by atoms with van der Waals surface area (Å²) in [5.41, 5.74) is -0.0133. The zero-order chi connectivity index (χ0) is 20.1. The van der Waals surface area contributed by atoms with Crippen molar-refractivity contribution in [2.24, 2.45) is 0 Å². The maximum Gasteiger partial charge on any atom is 1.00 e. The van der Waals surface area contributed by atoms with Crippen LogP contribution in [0.1, 0.15) is 24.7 Å². The first-order valence-corrected chi connectivity index (χ1v) is 10.3. The topological polar surface area (TPSA) is 147 Å². The summed E-state index contributed by atoms with van der Waals surface area (Å²) in [5.74, 6) is -3.18. The van der Waals surface area contributed by atoms with Crippen LogP contribution in [0.3, 0.4) is 0 Å². The van der Waals surface area contributed by atoms with E-state index in [-0.39, 0.29) is 64.7 Å². The van der Waals surface area contributed by atoms with E-state index in [1.54, 1.807) is 19.9 Å². The molecule has 2 saturated heterocycles. The molecule has 2 aliphatic rings. The molecule has 0 spiro atoms. The number of carbonyl (C=O) groups excluding carboxylic acids is 3. The largest absolute Gasteiger partial charge is 1.00 e. The Morgan fingerprint density at radius 2 is 1.76 bits per heavy atom. The van der Waals surface area contributed by atoms with Crippen LogP contribution >= 0.6 is 11.8 Å². The number of rotatable bonds is 5. The Hall–Kier alpha value is -0.110. The molecule has 1 aromatic rings. The van der Waals surface area contributed by atoms with Crippen molar-refractivity contribution in [3.8, 4) is 0 Å². The zero-order valence-corrected chi connectivity index (χ0v) is 22.0. The number of carbonyl (C=O) groups is 3. The van der Waals surface area contributed by atoms with Crippen LogP contribution in [0.5, 0.6) is 0 Å². The molecule has 0 saturated carbocycles. The number of hydrogen-bond donors (Lipinski definition) is 1. The van der Waals surface area contributed by atoms with Crippen molar-refractivity contribution >= 4 is 39.7 Å². The first kappa shape index (κ1) is 26.9. The van der Waals surface area contributed by atoms with Crippen LogP contribution in [-0.4, -0.2) is 57.9 Å². The van der Waals surface area contributed by atoms with Crippen LogP contribution in [0.15, 0.2) is 30.3 Å². The van der Waals surface area contributed by atoms with Gasteiger partial charge in [0.15, 0.2) is 5.25 Å². The van der Waals surface area contributed by atoms with E-state index in [9.17, 15) is 32.5 Å². The number of nitrogens with one attached hydrogen (secondary N) is 1. The Bertz CT molecular complexity index is 911. The van der Waals surface area contributed by atoms with E-state index in [0.717, 1.165) is 16.7 Å². The molecule has 29 heavy (non-hydrogen) atoms. The standard InChI is InChI=1S/C16H18N2O7S2.2Na/c1-16(2)11(15(21)22)18-13(20)9(14(18)26-16)17-12(19)10(27(23,24)25)8-6-4-3-5-7-8;;/h3-7,9-11,14H,1-2H3,(H,17,19)(H,21,22)(H,23,24,25);;/q;2*+1/p-2/t9?,10?,11?,14-;;/m1../s1. The fraction of sp³-hybridized carbons (Fsp3) is 0.438. The normalized spacial score (nSPS) is 25.6. The average molecular weight is 458 g/mol. The van der Waals surface area contributed by atoms with Gasteiger partial charge in [0.05, 0.1) is 12.0 Å². The van der Waals surface area contributed by atoms with Gasteiger partial charge in [0.1, 0.15) is 21.5 Å². The summed E-state index contributed by atoms with van der Waals surface area (Å²) in [5, 5.41) is 11.0. The predicted molar refractivity (Wildman–Crippen MR) is 91.9 cm³/mol. The number of β-lactam (4-membered cyclic amide) rings is 1. The van der Waals surface area contributed by atoms with Gasteiger partial charge in [0.2, 0.25) is 11.8 Å². The van der Waals surface area contributed by atoms with Gasteiger partial charge in [-0.25, -0.2) is 8.42 Å². The minimum Gasteiger partial charge on any atom is -0.747 e. The van der Waals surface area contributed by atoms with E-state index in [1.165, 1.54) is 24.3 Å². The molecular weight excluding hydrogens is 442 g/mol. The molecule has 2 heterocycles. The van der Waals surface area contributed by atoms with Crippen LogP contribution in [0.2, 0.25) is 0 Å². The van der Waals surface area contributed by atoms with Gasteiger partial charge in [-0.15, -0.1) is 11.8 Å². The molecule has 2 aliphatic heterocycles. The van der Waals surface area contributed by atoms with E-state index < -0.39 is 55.4 Å². The number of benzene rings is 1. The number of amides is 2. The molecular formula is C16H16N2Na2O7S2. The number of nitrogens with zero attached hydrogens (tertiary/aromatic N) is 1. The molecule has 0 bridgehead atoms. The van der Waals surface area contributed by atoms with Crippen molar-refractivity contribution < 1.29 is 91.6 Å². The molecule has 1 aromatic carbocycles. The summed E-state index contributed by atoms with van der Waals surface area (Å²) in [6, 6.07) is 4.94. The second kappa shape index (κ2) is 9.58. The number of carboxylic acids is 1. The van der Waals surface area contributed by atoms with Crippen LogP contribution in [0, 0.1) is 0 Å². The minimum absolute atomic E-state index is 0. The first-order chi connectivity index (χ1) is 12.4. The SMILES string of the molecule is CC1(C)S[C@@H]2C(NC(=O)C(c3ccccc3)S(=O)(=O)[O-])C(=O)N2C1C(=O)[O-].[Na+].[Na+]. The minimum atomic E-state index is -5.03. The van der Waals surface area contributed by atoms with Crippen molar-refractivity contribution in [1.29, 1.82) is 0 Å². The molecule has 3 unspecified atom stereocenters. The molecule has 9 nitrogen and oxygen atoms in total. The Labute approximate surface area is 216 Å². The van der Waals surface area contributed by atoms with E-state index >= 15 is 0 Å². The van der Waals surface area contributed by atoms with Gasteiger partial charge in [-0.1, -0.05) is 30.3 Å². The van der Waals surface area contributed by atoms with Crippen LogP contribution < -0.4 is 69.5 Å². The molecule has 146 valence electrons. The van der Waals surface area contributed by atoms with E-state index in [1.807, 2.05) is 0 Å². The van der Waals surface area contributed by atoms with Crippen molar-refractivity contribution in [3.63, 3.8) is 0 Å². The Morgan fingerprint density at radius 3 is 2.24 bits per heavy atom. The molecule has 2 amide bonds. The molecule has 1 N–H and O–H groups in total. The summed E-state index contributed by atoms with van der Waals surface area (Å²) in [7, 11) is -5.03. The van der Waals surface area contributed by atoms with Gasteiger partial charge in [-0.05, 0) is 19.4 Å². The van der Waals surface area contributed by atoms with Crippen molar-refractivity contribution in [2.75, 3.05) is 0 Å². The van der Waals surface area contributed by atoms with Gasteiger partial charge >= 0.3 is 59.1 Å². The number of hydrogen-bond acceptors (Lipinski definition) is 8. The number of thioether (sulfide) groups is 1. The smallest absolute Gasteiger partial charge is 0.747 e. The summed E-state index contributed by atoms with van der Waals surface area (Å²) in [4.78, 5) is 37.4. The zero-order valence-electron chi connectivity index (χ0n) is 16.3. The second-order valence-electron chi connectivity index (χ2n) is 6.85. The van der Waals surface area contributed by atoms with E-state index in [0.29, 0.717) is 0 Å². The summed E-state index contributed by atoms with van der Waals surface area (Å²) in [6.07, 6.45) is 0. The van der Waals surface area contributed by atoms with Gasteiger partial charge in [-0.3, -0.25) is 9.59 Å². The maximum atomic E-state index is 12.5. The monoisotopic (exact) mass is 458 g/mol. The van der Waals surface area contributed by atoms with Gasteiger partial charge in [0.25, 0.3) is 0 Å². The van der Waals surface area contributed by atoms with Gasteiger partial charge in [0, 0.05) is 4.75 Å². The predicted octanol–water partition coefficient (Wildman–Crippen LogP) is -7.42. The fourth-order valence-electron chi connectivity index (χ4n) is 3.43. The number of aliphatic carboxylic acids is 1. The second-order valence-corrected chi connectivity index (χ2v) is 10.1. The van der Waals surface area contributed by atoms with E-state index in [2.05, 4.69) is 5.32 Å². The molecule has 3 rings (SSSR count). The molecule has 13 heteroatoms. The van der Waals surface area contributed by atoms with Crippen molar-refractivity contribution in [3.05, 3.63) is 35.9 Å². The molecule has 0 aromatic heterocycles. The first-order valence-electron chi connectivity index (χ1n) is 7.96. The molecule has 2 fully saturated rings. The average Bonchev–Trinajstić information content (AvgIpc) is 2.81. The van der Waals surface area contributed by atoms with Crippen LogP contribution in [-0.2, 0) is 24.5 Å². The third-order valence-electron chi connectivity index (χ3n) is 4.59. The summed E-state index contributed by atoms with van der Waals surface area (Å²) in [6.45, 7) is 3.27. The van der Waals surface area contributed by atoms with Crippen molar-refractivity contribution in [2.45, 2.75) is 41.3 Å². The Balaban J connectivity index is 0.00000210. The summed E-state index contributed by atoms with van der Waals surface area (Å²) < 4.78 is 34.0. The van der Waals surface area contributed by atoms with Gasteiger partial charge in [-0.2, -0.15) is 0 Å². The quantitative estimate of drug-likeness (QED) is 0.260. The van der Waals surface area contributed by atoms with E-state index in [4.69, 9.17) is 0 Å². The maximum absolute atomic E-state index is 12.5. The molecule has 4 atom stereocenters. The van der Waals surface area contributed by atoms with Crippen LogP contribution in [0.4, 0.5) is 0 Å². The molecule has 0 aliphatic carbocycles. The number of carboxylic acid groups (broad SMARTS) is 1. The Morgan fingerprint density at radius 1 is 1.21 bits per heavy atom. The Kier molecular flexibility index (Phi) is 8.89. The summed E-state index contributed by atoms with van der Waals surface area (Å²) >= 11 is 1.16. The van der Waals surface area contributed by atoms with Crippen LogP contribution in [0.25, 0.3) is 0 Å².